The molecule has 26 heavy (non-hydrogen) atoms. The Labute approximate surface area is 158 Å². The van der Waals surface area contributed by atoms with Gasteiger partial charge in [0.05, 0.1) is 18.7 Å². The molecule has 1 aromatic carbocycles. The molecule has 1 aliphatic rings. The van der Waals surface area contributed by atoms with E-state index in [1.165, 1.54) is 0 Å². The lowest BCUT2D eigenvalue weighted by Crippen LogP contribution is -2.41. The lowest BCUT2D eigenvalue weighted by atomic mass is 10.0. The molecule has 1 N–H and O–H groups in total. The third-order valence-electron chi connectivity index (χ3n) is 4.58. The SMILES string of the molecule is CC(C)[C@H]1COC(C=O)N1c1ccnc(N[C@H](C)c2ccc(Cl)cc2)n1. The summed E-state index contributed by atoms with van der Waals surface area (Å²) >= 11 is 5.95. The van der Waals surface area contributed by atoms with Crippen LogP contribution in [-0.4, -0.2) is 35.1 Å². The molecule has 3 rings (SSSR count). The van der Waals surface area contributed by atoms with Gasteiger partial charge in [-0.3, -0.25) is 4.79 Å². The third kappa shape index (κ3) is 3.97. The van der Waals surface area contributed by atoms with Crippen molar-refractivity contribution in [3.63, 3.8) is 0 Å². The smallest absolute Gasteiger partial charge is 0.225 e. The Morgan fingerprint density at radius 2 is 2.00 bits per heavy atom. The van der Waals surface area contributed by atoms with Crippen LogP contribution in [0.3, 0.4) is 0 Å². The molecule has 7 heteroatoms. The fourth-order valence-corrected chi connectivity index (χ4v) is 3.18. The molecular formula is C19H23ClN4O2. The number of anilines is 2. The number of hydrogen-bond acceptors (Lipinski definition) is 6. The lowest BCUT2D eigenvalue weighted by molar-refractivity contribution is -0.115. The van der Waals surface area contributed by atoms with E-state index in [9.17, 15) is 4.79 Å². The molecule has 138 valence electrons. The van der Waals surface area contributed by atoms with Crippen molar-refractivity contribution < 1.29 is 9.53 Å². The summed E-state index contributed by atoms with van der Waals surface area (Å²) in [6.45, 7) is 6.76. The number of hydrogen-bond donors (Lipinski definition) is 1. The molecule has 0 spiro atoms. The Hall–Kier alpha value is -2.18. The number of carbonyl (C=O) groups is 1. The monoisotopic (exact) mass is 374 g/mol. The van der Waals surface area contributed by atoms with Crippen LogP contribution >= 0.6 is 11.6 Å². The molecule has 1 aromatic heterocycles. The van der Waals surface area contributed by atoms with Crippen molar-refractivity contribution in [2.24, 2.45) is 5.92 Å². The molecule has 2 aromatic rings. The fourth-order valence-electron chi connectivity index (χ4n) is 3.06. The van der Waals surface area contributed by atoms with Crippen LogP contribution < -0.4 is 10.2 Å². The summed E-state index contributed by atoms with van der Waals surface area (Å²) in [7, 11) is 0. The van der Waals surface area contributed by atoms with Crippen molar-refractivity contribution in [1.29, 1.82) is 0 Å². The van der Waals surface area contributed by atoms with Gasteiger partial charge in [0.1, 0.15) is 5.82 Å². The van der Waals surface area contributed by atoms with E-state index in [0.717, 1.165) is 11.8 Å². The number of rotatable bonds is 6. The van der Waals surface area contributed by atoms with Gasteiger partial charge in [0, 0.05) is 11.2 Å². The van der Waals surface area contributed by atoms with Crippen molar-refractivity contribution in [3.05, 3.63) is 47.1 Å². The van der Waals surface area contributed by atoms with Crippen LogP contribution in [0.5, 0.6) is 0 Å². The van der Waals surface area contributed by atoms with E-state index < -0.39 is 6.23 Å². The standard InChI is InChI=1S/C19H23ClN4O2/c1-12(2)16-11-26-18(10-25)24(16)17-8-9-21-19(23-17)22-13(3)14-4-6-15(20)7-5-14/h4-10,12-13,16,18H,11H2,1-3H3,(H,21,22,23)/t13-,16-,18?/m1/s1. The van der Waals surface area contributed by atoms with Crippen molar-refractivity contribution >= 4 is 29.7 Å². The number of nitrogens with one attached hydrogen (secondary N) is 1. The maximum atomic E-state index is 11.4. The lowest BCUT2D eigenvalue weighted by Gasteiger charge is -2.29. The molecule has 0 radical (unpaired) electrons. The van der Waals surface area contributed by atoms with Gasteiger partial charge in [-0.15, -0.1) is 0 Å². The Kier molecular flexibility index (Phi) is 5.74. The predicted molar refractivity (Wildman–Crippen MR) is 102 cm³/mol. The number of aldehydes is 1. The summed E-state index contributed by atoms with van der Waals surface area (Å²) < 4.78 is 5.61. The molecule has 0 amide bonds. The molecule has 0 saturated carbocycles. The molecular weight excluding hydrogens is 352 g/mol. The second-order valence-electron chi connectivity index (χ2n) is 6.73. The maximum absolute atomic E-state index is 11.4. The largest absolute Gasteiger partial charge is 0.349 e. The Morgan fingerprint density at radius 3 is 2.65 bits per heavy atom. The summed E-state index contributed by atoms with van der Waals surface area (Å²) in [5.74, 6) is 1.52. The van der Waals surface area contributed by atoms with Crippen LogP contribution in [0.1, 0.15) is 32.4 Å². The summed E-state index contributed by atoms with van der Waals surface area (Å²) in [6, 6.07) is 9.57. The molecule has 1 saturated heterocycles. The molecule has 6 nitrogen and oxygen atoms in total. The van der Waals surface area contributed by atoms with Gasteiger partial charge < -0.3 is 15.0 Å². The number of carbonyl (C=O) groups excluding carboxylic acids is 1. The number of benzene rings is 1. The van der Waals surface area contributed by atoms with Crippen molar-refractivity contribution in [1.82, 2.24) is 9.97 Å². The molecule has 1 fully saturated rings. The number of nitrogens with zero attached hydrogens (tertiary/aromatic N) is 3. The predicted octanol–water partition coefficient (Wildman–Crippen LogP) is 3.69. The highest BCUT2D eigenvalue weighted by atomic mass is 35.5. The van der Waals surface area contributed by atoms with Crippen LogP contribution in [0.4, 0.5) is 11.8 Å². The highest BCUT2D eigenvalue weighted by Gasteiger charge is 2.37. The first-order chi connectivity index (χ1) is 12.5. The van der Waals surface area contributed by atoms with Gasteiger partial charge in [0.2, 0.25) is 5.95 Å². The van der Waals surface area contributed by atoms with Crippen LogP contribution in [-0.2, 0) is 9.53 Å². The summed E-state index contributed by atoms with van der Waals surface area (Å²) in [6.07, 6.45) is 1.89. The zero-order valence-electron chi connectivity index (χ0n) is 15.1. The Morgan fingerprint density at radius 1 is 1.27 bits per heavy atom. The van der Waals surface area contributed by atoms with Crippen LogP contribution in [0.15, 0.2) is 36.5 Å². The Balaban J connectivity index is 1.81. The molecule has 1 aliphatic heterocycles. The molecule has 0 bridgehead atoms. The van der Waals surface area contributed by atoms with E-state index in [0.29, 0.717) is 29.3 Å². The van der Waals surface area contributed by atoms with Gasteiger partial charge in [-0.1, -0.05) is 37.6 Å². The average Bonchev–Trinajstić information content (AvgIpc) is 3.07. The van der Waals surface area contributed by atoms with E-state index >= 15 is 0 Å². The van der Waals surface area contributed by atoms with E-state index in [1.54, 1.807) is 12.3 Å². The minimum Gasteiger partial charge on any atom is -0.349 e. The van der Waals surface area contributed by atoms with Crippen LogP contribution in [0, 0.1) is 5.92 Å². The normalized spacial score (nSPS) is 21.0. The highest BCUT2D eigenvalue weighted by Crippen LogP contribution is 2.28. The second kappa shape index (κ2) is 8.01. The zero-order valence-corrected chi connectivity index (χ0v) is 15.8. The van der Waals surface area contributed by atoms with Crippen molar-refractivity contribution in [3.8, 4) is 0 Å². The van der Waals surface area contributed by atoms with E-state index in [1.807, 2.05) is 36.1 Å². The van der Waals surface area contributed by atoms with Gasteiger partial charge in [0.15, 0.2) is 12.5 Å². The van der Waals surface area contributed by atoms with Crippen molar-refractivity contribution in [2.75, 3.05) is 16.8 Å². The fraction of sp³-hybridized carbons (Fsp3) is 0.421. The van der Waals surface area contributed by atoms with Gasteiger partial charge >= 0.3 is 0 Å². The van der Waals surface area contributed by atoms with Gasteiger partial charge in [-0.05, 0) is 36.6 Å². The summed E-state index contributed by atoms with van der Waals surface area (Å²) in [5.41, 5.74) is 1.08. The van der Waals surface area contributed by atoms with Gasteiger partial charge in [-0.2, -0.15) is 4.98 Å². The highest BCUT2D eigenvalue weighted by molar-refractivity contribution is 6.30. The van der Waals surface area contributed by atoms with Crippen LogP contribution in [0.25, 0.3) is 0 Å². The first-order valence-corrected chi connectivity index (χ1v) is 9.07. The van der Waals surface area contributed by atoms with Gasteiger partial charge in [0.25, 0.3) is 0 Å². The van der Waals surface area contributed by atoms with E-state index in [2.05, 4.69) is 29.1 Å². The van der Waals surface area contributed by atoms with E-state index in [-0.39, 0.29) is 12.1 Å². The minimum atomic E-state index is -0.612. The third-order valence-corrected chi connectivity index (χ3v) is 4.83. The minimum absolute atomic E-state index is 0.0140. The molecule has 2 heterocycles. The number of halogens is 1. The first kappa shape index (κ1) is 18.6. The van der Waals surface area contributed by atoms with E-state index in [4.69, 9.17) is 16.3 Å². The maximum Gasteiger partial charge on any atom is 0.225 e. The van der Waals surface area contributed by atoms with Gasteiger partial charge in [-0.25, -0.2) is 4.98 Å². The number of ether oxygens (including phenoxy) is 1. The zero-order chi connectivity index (χ0) is 18.7. The average molecular weight is 375 g/mol. The summed E-state index contributed by atoms with van der Waals surface area (Å²) in [5, 5.41) is 4.00. The van der Waals surface area contributed by atoms with Crippen molar-refractivity contribution in [2.45, 2.75) is 39.1 Å². The molecule has 1 unspecified atom stereocenters. The Bertz CT molecular complexity index is 753. The summed E-state index contributed by atoms with van der Waals surface area (Å²) in [4.78, 5) is 22.2. The second-order valence-corrected chi connectivity index (χ2v) is 7.17. The molecule has 0 aliphatic carbocycles. The molecule has 3 atom stereocenters. The van der Waals surface area contributed by atoms with Crippen LogP contribution in [0.2, 0.25) is 5.02 Å². The topological polar surface area (TPSA) is 67.3 Å². The first-order valence-electron chi connectivity index (χ1n) is 8.70. The number of aromatic nitrogens is 2. The quantitative estimate of drug-likeness (QED) is 0.778.